The number of fused-ring (bicyclic) bond motifs is 10. The van der Waals surface area contributed by atoms with Crippen molar-refractivity contribution in [3.8, 4) is 45.6 Å². The molecule has 0 spiro atoms. The number of thiophene rings is 1. The van der Waals surface area contributed by atoms with Crippen molar-refractivity contribution in [3.05, 3.63) is 308 Å². The number of hydrogen-bond acceptors (Lipinski definition) is 21. The number of aryl methyl sites for hydroxylation is 1. The fourth-order valence-corrected chi connectivity index (χ4v) is 25.0. The minimum Gasteiger partial charge on any atom is -0.382 e. The number of sulfonamides is 2. The van der Waals surface area contributed by atoms with E-state index < -0.39 is 20.0 Å². The number of carbonyl (C=O) groups is 1. The molecular weight excluding hydrogens is 1830 g/mol. The Morgan fingerprint density at radius 2 is 0.759 bits per heavy atom. The highest BCUT2D eigenvalue weighted by molar-refractivity contribution is 7.91. The highest BCUT2D eigenvalue weighted by Gasteiger charge is 2.38. The number of benzene rings is 7. The van der Waals surface area contributed by atoms with Gasteiger partial charge in [-0.1, -0.05) is 127 Å². The van der Waals surface area contributed by atoms with Gasteiger partial charge in [0.1, 0.15) is 95.6 Å². The molecule has 14 N–H and O–H groups in total. The third-order valence-electron chi connectivity index (χ3n) is 28.0. The van der Waals surface area contributed by atoms with Crippen molar-refractivity contribution in [1.82, 2.24) is 106 Å². The number of rotatable bonds is 16. The highest BCUT2D eigenvalue weighted by Crippen LogP contribution is 2.44. The molecule has 32 nitrogen and oxygen atoms in total. The van der Waals surface area contributed by atoms with Crippen LogP contribution in [0, 0.1) is 12.8 Å². The molecule has 4 fully saturated rings. The lowest BCUT2D eigenvalue weighted by molar-refractivity contribution is -0.120. The quantitative estimate of drug-likeness (QED) is 0.0429. The van der Waals surface area contributed by atoms with Crippen molar-refractivity contribution >= 4 is 154 Å². The topological polar surface area (TPSA) is 437 Å². The smallest absolute Gasteiger partial charge is 0.252 e. The number of nitrogens with two attached hydrogens (primary N) is 4. The van der Waals surface area contributed by atoms with Gasteiger partial charge >= 0.3 is 0 Å². The number of likely N-dealkylation sites (tertiary alicyclic amines) is 1. The van der Waals surface area contributed by atoms with E-state index in [9.17, 15) is 21.6 Å². The molecule has 0 unspecified atom stereocenters. The van der Waals surface area contributed by atoms with E-state index in [0.29, 0.717) is 96.1 Å². The number of aromatic nitrogens is 19. The Labute approximate surface area is 813 Å². The maximum atomic E-state index is 13.2. The summed E-state index contributed by atoms with van der Waals surface area (Å²) in [4.78, 5) is 79.9. The monoisotopic (exact) mass is 1930 g/mol. The first-order chi connectivity index (χ1) is 68.8. The number of amides is 1. The van der Waals surface area contributed by atoms with Crippen LogP contribution in [0.25, 0.3) is 133 Å². The second-order valence-corrected chi connectivity index (χ2v) is 41.8. The molecule has 26 rings (SSSR count). The fraction of sp³-hybridized carbons (Fsp3) is 0.217. The number of carbonyl (C=O) groups excluding carboxylic acids is 1. The number of para-hydroxylation sites is 7. The first kappa shape index (κ1) is 89.1. The van der Waals surface area contributed by atoms with Gasteiger partial charge in [-0.3, -0.25) is 37.6 Å². The van der Waals surface area contributed by atoms with Crippen LogP contribution in [0.4, 0.5) is 29.2 Å². The van der Waals surface area contributed by atoms with Crippen molar-refractivity contribution in [1.29, 1.82) is 0 Å². The predicted octanol–water partition coefficient (Wildman–Crippen LogP) is 19.1. The maximum Gasteiger partial charge on any atom is 0.252 e. The van der Waals surface area contributed by atoms with Crippen LogP contribution >= 0.6 is 11.3 Å². The number of piperidine rings is 3. The molecular formula is C106H101N27O5S3. The molecule has 18 heterocycles. The van der Waals surface area contributed by atoms with Crippen molar-refractivity contribution < 1.29 is 21.6 Å². The lowest BCUT2D eigenvalue weighted by Gasteiger charge is -2.31. The lowest BCUT2D eigenvalue weighted by Crippen LogP contribution is -2.38. The van der Waals surface area contributed by atoms with Crippen LogP contribution < -0.4 is 28.3 Å². The van der Waals surface area contributed by atoms with Crippen LogP contribution in [0.3, 0.4) is 0 Å². The molecule has 3 aliphatic heterocycles. The molecule has 1 aliphatic carbocycles. The number of pyridine rings is 1. The number of nitrogens with one attached hydrogen (secondary N) is 6. The second-order valence-electron chi connectivity index (χ2n) is 36.8. The molecule has 141 heavy (non-hydrogen) atoms. The van der Waals surface area contributed by atoms with Crippen LogP contribution in [-0.2, 0) is 31.4 Å². The van der Waals surface area contributed by atoms with Gasteiger partial charge in [0.05, 0.1) is 49.9 Å². The Kier molecular flexibility index (Phi) is 23.5. The molecule has 1 saturated carbocycles. The first-order valence-corrected chi connectivity index (χ1v) is 51.3. The minimum absolute atomic E-state index is 0.0118. The average molecular weight is 1930 g/mol. The van der Waals surface area contributed by atoms with Gasteiger partial charge in [0.15, 0.2) is 0 Å². The van der Waals surface area contributed by atoms with Crippen LogP contribution in [0.2, 0.25) is 0 Å². The van der Waals surface area contributed by atoms with E-state index in [-0.39, 0.29) is 29.6 Å². The van der Waals surface area contributed by atoms with E-state index in [1.165, 1.54) is 16.7 Å². The summed E-state index contributed by atoms with van der Waals surface area (Å²) in [6.07, 6.45) is 22.7. The Morgan fingerprint density at radius 1 is 0.376 bits per heavy atom. The van der Waals surface area contributed by atoms with E-state index >= 15 is 0 Å². The SMILES string of the molecule is Cc1cccc(S(=O)(=O)N2CCC(c3nc(-c4cc5ccccc5[nH]4)c4c(N)nccn34)CC2)c1.Nc1nccn2c(C3CCC(C(=O)Nc4nc5ccccc5[nH]4)CC3)nc(-c3cc4ccccc4[nH]3)c12.Nc1nccn2c(C3CCN(Cc4ccc5ccccc5n4)CC3)nc(-c3cc4ccccc4[nH]3)c12.Nc1nccn2c(C3CCN(S(=O)(=O)c4cccs4)CC3)nc(-c3cc4ccccc4[nH]3)c12. The first-order valence-electron chi connectivity index (χ1n) is 47.6. The zero-order valence-corrected chi connectivity index (χ0v) is 79.5. The molecule has 22 aromatic rings. The minimum atomic E-state index is -3.52. The molecule has 708 valence electrons. The Bertz CT molecular complexity index is 8550. The number of nitrogens with zero attached hydrogens (tertiary/aromatic N) is 17. The zero-order valence-electron chi connectivity index (χ0n) is 77.1. The predicted molar refractivity (Wildman–Crippen MR) is 554 cm³/mol. The molecule has 0 atom stereocenters. The van der Waals surface area contributed by atoms with Gasteiger partial charge in [-0.15, -0.1) is 11.3 Å². The lowest BCUT2D eigenvalue weighted by atomic mass is 9.81. The number of aromatic amines is 5. The number of nitrogen functional groups attached to an aromatic ring is 4. The summed E-state index contributed by atoms with van der Waals surface area (Å²) in [6.45, 7) is 6.60. The van der Waals surface area contributed by atoms with Crippen LogP contribution in [0.5, 0.6) is 0 Å². The largest absolute Gasteiger partial charge is 0.382 e. The van der Waals surface area contributed by atoms with Crippen LogP contribution in [0.1, 0.15) is 122 Å². The number of imidazole rings is 5. The molecule has 4 aliphatic rings. The van der Waals surface area contributed by atoms with E-state index in [0.717, 1.165) is 220 Å². The zero-order chi connectivity index (χ0) is 95.7. The summed E-state index contributed by atoms with van der Waals surface area (Å²) in [5, 5.41) is 10.4. The average Bonchev–Trinajstić information content (AvgIpc) is 1.60. The number of H-pyrrole nitrogens is 5. The van der Waals surface area contributed by atoms with Crippen LogP contribution in [-0.4, -0.2) is 168 Å². The van der Waals surface area contributed by atoms with Gasteiger partial charge in [-0.05, 0) is 186 Å². The van der Waals surface area contributed by atoms with Gasteiger partial charge in [-0.2, -0.15) is 8.61 Å². The van der Waals surface area contributed by atoms with Crippen molar-refractivity contribution in [2.24, 2.45) is 5.92 Å². The molecule has 1 amide bonds. The normalized spacial score (nSPS) is 16.3. The van der Waals surface area contributed by atoms with Crippen LogP contribution in [0.15, 0.2) is 282 Å². The van der Waals surface area contributed by atoms with E-state index in [2.05, 4.69) is 160 Å². The fourth-order valence-electron chi connectivity index (χ4n) is 20.8. The van der Waals surface area contributed by atoms with Crippen molar-refractivity contribution in [2.45, 2.75) is 110 Å². The molecule has 0 radical (unpaired) electrons. The summed E-state index contributed by atoms with van der Waals surface area (Å²) in [6, 6.07) is 71.9. The van der Waals surface area contributed by atoms with E-state index in [4.69, 9.17) is 47.9 Å². The molecule has 35 heteroatoms. The van der Waals surface area contributed by atoms with Crippen molar-refractivity contribution in [3.63, 3.8) is 0 Å². The summed E-state index contributed by atoms with van der Waals surface area (Å²) < 4.78 is 64.0. The highest BCUT2D eigenvalue weighted by atomic mass is 32.2. The summed E-state index contributed by atoms with van der Waals surface area (Å²) in [5.41, 5.74) is 44.5. The van der Waals surface area contributed by atoms with Gasteiger partial charge in [0.25, 0.3) is 10.0 Å². The summed E-state index contributed by atoms with van der Waals surface area (Å²) >= 11 is 1.26. The molecule has 3 saturated heterocycles. The summed E-state index contributed by atoms with van der Waals surface area (Å²) in [7, 11) is -6.96. The molecule has 7 aromatic carbocycles. The standard InChI is InChI=1S/C29H27N7.C28H26N8O.C26H26N6O2S.C23H22N6O2S2/c30-28-27-26(25-17-21-6-2-4-8-24(21)33-25)34-29(36(27)16-13-31-28)20-11-14-35(15-12-20)18-22-10-9-19-5-1-3-7-23(19)32-22;29-25-24-23(22-15-18-5-1-2-6-19(18)31-22)34-26(36(24)14-13-30-25)16-9-11-17(12-10-16)27(37)35-28-32-20-7-3-4-8-21(20)33-28;1-17-5-4-7-20(15-17)35(33,34)31-12-9-18(10-13-31)26-30-23(24-25(27)28-11-14-32(24)26)22-16-19-6-2-3-8-21(19)29-22;24-22-21-20(18-14-16-4-1-2-5-17(16)26-18)27-23(29(21)12-9-25-22)15-7-10-28(11-8-15)33(30,31)19-6-3-13-32-19/h1-10,13,16-17,20,33H,11-12,14-15,18H2,(H2,30,31);1-8,13-17,31H,9-12H2,(H2,29,30)(H2,32,33,35,37);2-8,11,14-16,18,29H,9-10,12-13H2,1H3,(H2,27,28);1-6,9,12-15,26H,7-8,10-11H2,(H2,24,25). The third-order valence-corrected chi connectivity index (χ3v) is 33.2. The number of hydrogen-bond donors (Lipinski definition) is 10. The molecule has 15 aromatic heterocycles. The Balaban J connectivity index is 0.000000105. The third kappa shape index (κ3) is 17.2. The van der Waals surface area contributed by atoms with E-state index in [1.54, 1.807) is 69.1 Å². The van der Waals surface area contributed by atoms with Gasteiger partial charge < -0.3 is 47.9 Å². The second kappa shape index (κ2) is 37.2. The van der Waals surface area contributed by atoms with E-state index in [1.807, 2.05) is 138 Å². The number of anilines is 5. The Morgan fingerprint density at radius 3 is 1.16 bits per heavy atom. The molecule has 0 bridgehead atoms. The van der Waals surface area contributed by atoms with Gasteiger partial charge in [-0.25, -0.2) is 61.7 Å². The Hall–Kier alpha value is -15.8. The summed E-state index contributed by atoms with van der Waals surface area (Å²) in [5.74, 6) is 6.85. The maximum absolute atomic E-state index is 13.2. The van der Waals surface area contributed by atoms with Crippen molar-refractivity contribution in [2.75, 3.05) is 67.5 Å². The van der Waals surface area contributed by atoms with Gasteiger partial charge in [0.2, 0.25) is 21.9 Å². The van der Waals surface area contributed by atoms with Gasteiger partial charge in [0, 0.05) is 161 Å².